The molecule has 0 bridgehead atoms. The summed E-state index contributed by atoms with van der Waals surface area (Å²) in [6.07, 6.45) is 0. The second-order valence-electron chi connectivity index (χ2n) is 4.69. The molecular weight excluding hydrogens is 249 g/mol. The van der Waals surface area contributed by atoms with Gasteiger partial charge in [0, 0.05) is 5.56 Å². The lowest BCUT2D eigenvalue weighted by Gasteiger charge is -2.11. The number of hydrogen-bond donors (Lipinski definition) is 0. The maximum Gasteiger partial charge on any atom is 0.128 e. The van der Waals surface area contributed by atoms with E-state index in [0.29, 0.717) is 5.56 Å². The van der Waals surface area contributed by atoms with Crippen molar-refractivity contribution in [2.45, 2.75) is 5.92 Å². The summed E-state index contributed by atoms with van der Waals surface area (Å²) in [6, 6.07) is 22.4. The minimum atomic E-state index is -0.583. The van der Waals surface area contributed by atoms with Crippen LogP contribution in [0.5, 0.6) is 0 Å². The predicted octanol–water partition coefficient (Wildman–Crippen LogP) is 4.63. The number of benzene rings is 3. The van der Waals surface area contributed by atoms with E-state index >= 15 is 0 Å². The third-order valence-electron chi connectivity index (χ3n) is 3.45. The van der Waals surface area contributed by atoms with Crippen LogP contribution in [-0.4, -0.2) is 0 Å². The topological polar surface area (TPSA) is 23.8 Å². The molecule has 0 aliphatic carbocycles. The molecule has 0 amide bonds. The van der Waals surface area contributed by atoms with E-state index in [-0.39, 0.29) is 5.82 Å². The van der Waals surface area contributed by atoms with Gasteiger partial charge in [0.2, 0.25) is 0 Å². The van der Waals surface area contributed by atoms with Crippen LogP contribution in [0, 0.1) is 17.1 Å². The van der Waals surface area contributed by atoms with Crippen molar-refractivity contribution in [3.63, 3.8) is 0 Å². The molecule has 0 aromatic heterocycles. The summed E-state index contributed by atoms with van der Waals surface area (Å²) in [5, 5.41) is 11.6. The fraction of sp³-hybridized carbons (Fsp3) is 0.0556. The van der Waals surface area contributed by atoms with E-state index in [4.69, 9.17) is 0 Å². The zero-order valence-electron chi connectivity index (χ0n) is 10.8. The van der Waals surface area contributed by atoms with Crippen molar-refractivity contribution in [1.29, 1.82) is 5.26 Å². The van der Waals surface area contributed by atoms with Crippen molar-refractivity contribution in [3.05, 3.63) is 83.7 Å². The molecule has 1 atom stereocenters. The van der Waals surface area contributed by atoms with Crippen LogP contribution < -0.4 is 0 Å². The Balaban J connectivity index is 2.13. The van der Waals surface area contributed by atoms with Crippen LogP contribution >= 0.6 is 0 Å². The molecular formula is C18H12FN. The molecule has 0 aliphatic rings. The molecule has 0 saturated heterocycles. The van der Waals surface area contributed by atoms with Crippen LogP contribution in [0.3, 0.4) is 0 Å². The number of hydrogen-bond acceptors (Lipinski definition) is 1. The first-order chi connectivity index (χ1) is 9.79. The van der Waals surface area contributed by atoms with Gasteiger partial charge in [-0.05, 0) is 28.5 Å². The molecule has 0 fully saturated rings. The normalized spacial score (nSPS) is 12.0. The van der Waals surface area contributed by atoms with Crippen LogP contribution in [0.2, 0.25) is 0 Å². The van der Waals surface area contributed by atoms with Gasteiger partial charge in [-0.15, -0.1) is 0 Å². The van der Waals surface area contributed by atoms with E-state index < -0.39 is 5.92 Å². The van der Waals surface area contributed by atoms with E-state index in [2.05, 4.69) is 6.07 Å². The lowest BCUT2D eigenvalue weighted by atomic mass is 9.91. The van der Waals surface area contributed by atoms with E-state index in [1.807, 2.05) is 42.5 Å². The highest BCUT2D eigenvalue weighted by atomic mass is 19.1. The SMILES string of the molecule is N#CC(c1ccc2ccccc2c1)c1ccccc1F. The van der Waals surface area contributed by atoms with Gasteiger partial charge < -0.3 is 0 Å². The highest BCUT2D eigenvalue weighted by molar-refractivity contribution is 5.83. The van der Waals surface area contributed by atoms with Crippen molar-refractivity contribution < 1.29 is 4.39 Å². The van der Waals surface area contributed by atoms with Crippen molar-refractivity contribution in [1.82, 2.24) is 0 Å². The molecule has 2 heteroatoms. The quantitative estimate of drug-likeness (QED) is 0.659. The Kier molecular flexibility index (Phi) is 3.18. The van der Waals surface area contributed by atoms with Crippen LogP contribution in [0.15, 0.2) is 66.7 Å². The molecule has 1 unspecified atom stereocenters. The Bertz CT molecular complexity index is 802. The highest BCUT2D eigenvalue weighted by Crippen LogP contribution is 2.28. The summed E-state index contributed by atoms with van der Waals surface area (Å²) < 4.78 is 13.9. The smallest absolute Gasteiger partial charge is 0.128 e. The van der Waals surface area contributed by atoms with E-state index in [0.717, 1.165) is 16.3 Å². The first-order valence-electron chi connectivity index (χ1n) is 6.42. The van der Waals surface area contributed by atoms with Gasteiger partial charge in [-0.3, -0.25) is 0 Å². The number of nitriles is 1. The molecule has 0 heterocycles. The first-order valence-corrected chi connectivity index (χ1v) is 6.42. The second-order valence-corrected chi connectivity index (χ2v) is 4.69. The number of fused-ring (bicyclic) bond motifs is 1. The molecule has 0 N–H and O–H groups in total. The van der Waals surface area contributed by atoms with Crippen LogP contribution in [0.1, 0.15) is 17.0 Å². The average molecular weight is 261 g/mol. The summed E-state index contributed by atoms with van der Waals surface area (Å²) in [7, 11) is 0. The Hall–Kier alpha value is -2.66. The van der Waals surface area contributed by atoms with Gasteiger partial charge in [0.25, 0.3) is 0 Å². The maximum atomic E-state index is 13.9. The molecule has 0 radical (unpaired) electrons. The van der Waals surface area contributed by atoms with Crippen LogP contribution in [0.25, 0.3) is 10.8 Å². The van der Waals surface area contributed by atoms with Crippen molar-refractivity contribution in [2.75, 3.05) is 0 Å². The molecule has 0 spiro atoms. The minimum absolute atomic E-state index is 0.341. The van der Waals surface area contributed by atoms with Gasteiger partial charge in [0.15, 0.2) is 0 Å². The zero-order valence-corrected chi connectivity index (χ0v) is 10.8. The van der Waals surface area contributed by atoms with Crippen molar-refractivity contribution in [2.24, 2.45) is 0 Å². The van der Waals surface area contributed by atoms with Gasteiger partial charge in [-0.25, -0.2) is 4.39 Å². The lowest BCUT2D eigenvalue weighted by Crippen LogP contribution is -2.01. The van der Waals surface area contributed by atoms with E-state index in [1.165, 1.54) is 6.07 Å². The monoisotopic (exact) mass is 261 g/mol. The lowest BCUT2D eigenvalue weighted by molar-refractivity contribution is 0.609. The standard InChI is InChI=1S/C18H12FN/c19-18-8-4-3-7-16(18)17(12-20)15-10-9-13-5-1-2-6-14(13)11-15/h1-11,17H. The first kappa shape index (κ1) is 12.4. The molecule has 0 saturated carbocycles. The Morgan fingerprint density at radius 1 is 0.850 bits per heavy atom. The van der Waals surface area contributed by atoms with Gasteiger partial charge in [-0.2, -0.15) is 5.26 Å². The summed E-state index contributed by atoms with van der Waals surface area (Å²) in [6.45, 7) is 0. The molecule has 20 heavy (non-hydrogen) atoms. The molecule has 3 aromatic rings. The largest absolute Gasteiger partial charge is 0.207 e. The van der Waals surface area contributed by atoms with Gasteiger partial charge in [0.1, 0.15) is 5.82 Å². The predicted molar refractivity (Wildman–Crippen MR) is 77.8 cm³/mol. The maximum absolute atomic E-state index is 13.9. The third-order valence-corrected chi connectivity index (χ3v) is 3.45. The Morgan fingerprint density at radius 3 is 2.30 bits per heavy atom. The summed E-state index contributed by atoms with van der Waals surface area (Å²) in [5.74, 6) is -0.923. The van der Waals surface area contributed by atoms with Gasteiger partial charge >= 0.3 is 0 Å². The molecule has 0 aliphatic heterocycles. The van der Waals surface area contributed by atoms with Crippen molar-refractivity contribution >= 4 is 10.8 Å². The van der Waals surface area contributed by atoms with Gasteiger partial charge in [0.05, 0.1) is 12.0 Å². The van der Waals surface area contributed by atoms with E-state index in [9.17, 15) is 9.65 Å². The number of rotatable bonds is 2. The highest BCUT2D eigenvalue weighted by Gasteiger charge is 2.17. The minimum Gasteiger partial charge on any atom is -0.207 e. The Labute approximate surface area is 116 Å². The summed E-state index contributed by atoms with van der Waals surface area (Å²) in [5.41, 5.74) is 1.24. The fourth-order valence-corrected chi connectivity index (χ4v) is 2.42. The third kappa shape index (κ3) is 2.15. The average Bonchev–Trinajstić information content (AvgIpc) is 2.50. The summed E-state index contributed by atoms with van der Waals surface area (Å²) >= 11 is 0. The van der Waals surface area contributed by atoms with Crippen molar-refractivity contribution in [3.8, 4) is 6.07 Å². The number of nitrogens with zero attached hydrogens (tertiary/aromatic N) is 1. The van der Waals surface area contributed by atoms with Crippen LogP contribution in [-0.2, 0) is 0 Å². The number of halogens is 1. The van der Waals surface area contributed by atoms with Crippen LogP contribution in [0.4, 0.5) is 4.39 Å². The van der Waals surface area contributed by atoms with E-state index in [1.54, 1.807) is 18.2 Å². The molecule has 1 nitrogen and oxygen atoms in total. The summed E-state index contributed by atoms with van der Waals surface area (Å²) in [4.78, 5) is 0. The zero-order chi connectivity index (χ0) is 13.9. The second kappa shape index (κ2) is 5.14. The molecule has 3 rings (SSSR count). The van der Waals surface area contributed by atoms with Gasteiger partial charge in [-0.1, -0.05) is 54.6 Å². The fourth-order valence-electron chi connectivity index (χ4n) is 2.42. The molecule has 96 valence electrons. The molecule has 3 aromatic carbocycles. The Morgan fingerprint density at radius 2 is 1.55 bits per heavy atom.